The van der Waals surface area contributed by atoms with Gasteiger partial charge in [-0.2, -0.15) is 0 Å². The zero-order chi connectivity index (χ0) is 21.7. The van der Waals surface area contributed by atoms with Crippen LogP contribution in [0.15, 0.2) is 59.8 Å². The van der Waals surface area contributed by atoms with Crippen molar-refractivity contribution in [3.05, 3.63) is 81.5 Å². The Labute approximate surface area is 182 Å². The van der Waals surface area contributed by atoms with Crippen molar-refractivity contribution in [1.29, 1.82) is 0 Å². The van der Waals surface area contributed by atoms with Crippen molar-refractivity contribution in [2.45, 2.75) is 32.7 Å². The predicted molar refractivity (Wildman–Crippen MR) is 116 cm³/mol. The predicted octanol–water partition coefficient (Wildman–Crippen LogP) is 4.63. The fourth-order valence-corrected chi connectivity index (χ4v) is 3.75. The normalized spacial score (nSPS) is 16.7. The average Bonchev–Trinajstić information content (AvgIpc) is 2.72. The standard InChI is InChI=1S/C24H26ClNO4/c1-16-4-6-18(7-5-16)15-26-17(2)23(24(28)30-13-12-29-3)21(14-22(26)27)19-8-10-20(25)11-9-19/h4-11,21H,12-15H2,1-3H3. The van der Waals surface area contributed by atoms with Crippen LogP contribution >= 0.6 is 11.6 Å². The number of halogens is 1. The van der Waals surface area contributed by atoms with Crippen LogP contribution in [0, 0.1) is 6.92 Å². The van der Waals surface area contributed by atoms with Crippen molar-refractivity contribution in [3.8, 4) is 0 Å². The van der Waals surface area contributed by atoms with Gasteiger partial charge in [-0.15, -0.1) is 0 Å². The third-order valence-corrected chi connectivity index (χ3v) is 5.55. The van der Waals surface area contributed by atoms with Gasteiger partial charge in [-0.25, -0.2) is 4.79 Å². The molecule has 0 aliphatic carbocycles. The Morgan fingerprint density at radius 1 is 1.07 bits per heavy atom. The molecular weight excluding hydrogens is 402 g/mol. The fraction of sp³-hybridized carbons (Fsp3) is 0.333. The number of aryl methyl sites for hydroxylation is 1. The molecule has 1 heterocycles. The number of rotatable bonds is 7. The van der Waals surface area contributed by atoms with Crippen molar-refractivity contribution in [1.82, 2.24) is 4.90 Å². The quantitative estimate of drug-likeness (QED) is 0.477. The number of nitrogens with zero attached hydrogens (tertiary/aromatic N) is 1. The summed E-state index contributed by atoms with van der Waals surface area (Å²) in [6.45, 7) is 4.71. The van der Waals surface area contributed by atoms with Gasteiger partial charge in [0, 0.05) is 30.2 Å². The van der Waals surface area contributed by atoms with E-state index in [-0.39, 0.29) is 24.9 Å². The first-order chi connectivity index (χ1) is 14.4. The van der Waals surface area contributed by atoms with Crippen molar-refractivity contribution >= 4 is 23.5 Å². The van der Waals surface area contributed by atoms with E-state index in [0.29, 0.717) is 29.4 Å². The lowest BCUT2D eigenvalue weighted by molar-refractivity contribution is -0.141. The van der Waals surface area contributed by atoms with Crippen LogP contribution in [0.2, 0.25) is 5.02 Å². The summed E-state index contributed by atoms with van der Waals surface area (Å²) >= 11 is 6.02. The Morgan fingerprint density at radius 2 is 1.73 bits per heavy atom. The molecule has 1 aliphatic rings. The van der Waals surface area contributed by atoms with Crippen LogP contribution in [0.25, 0.3) is 0 Å². The third-order valence-electron chi connectivity index (χ3n) is 5.30. The molecule has 6 heteroatoms. The first-order valence-electron chi connectivity index (χ1n) is 9.89. The molecule has 158 valence electrons. The molecule has 1 aliphatic heterocycles. The SMILES string of the molecule is COCCOC(=O)C1=C(C)N(Cc2ccc(C)cc2)C(=O)CC1c1ccc(Cl)cc1. The zero-order valence-corrected chi connectivity index (χ0v) is 18.2. The van der Waals surface area contributed by atoms with Gasteiger partial charge in [0.1, 0.15) is 6.61 Å². The largest absolute Gasteiger partial charge is 0.460 e. The van der Waals surface area contributed by atoms with Crippen molar-refractivity contribution < 1.29 is 19.1 Å². The van der Waals surface area contributed by atoms with E-state index in [0.717, 1.165) is 16.7 Å². The maximum Gasteiger partial charge on any atom is 0.336 e. The summed E-state index contributed by atoms with van der Waals surface area (Å²) in [5.74, 6) is -0.827. The molecule has 0 saturated heterocycles. The fourth-order valence-electron chi connectivity index (χ4n) is 3.62. The van der Waals surface area contributed by atoms with Crippen molar-refractivity contribution in [2.24, 2.45) is 0 Å². The minimum atomic E-state index is -0.425. The molecule has 0 radical (unpaired) electrons. The monoisotopic (exact) mass is 427 g/mol. The molecule has 5 nitrogen and oxygen atoms in total. The topological polar surface area (TPSA) is 55.8 Å². The number of amides is 1. The third kappa shape index (κ3) is 5.10. The maximum absolute atomic E-state index is 13.0. The summed E-state index contributed by atoms with van der Waals surface area (Å²) in [6, 6.07) is 15.3. The Kier molecular flexibility index (Phi) is 7.29. The Bertz CT molecular complexity index is 935. The highest BCUT2D eigenvalue weighted by molar-refractivity contribution is 6.30. The molecule has 1 atom stereocenters. The van der Waals surface area contributed by atoms with Gasteiger partial charge < -0.3 is 14.4 Å². The molecular formula is C24H26ClNO4. The molecule has 0 fully saturated rings. The first kappa shape index (κ1) is 22.1. The summed E-state index contributed by atoms with van der Waals surface area (Å²) in [7, 11) is 1.55. The number of ether oxygens (including phenoxy) is 2. The number of esters is 1. The van der Waals surface area contributed by atoms with Gasteiger partial charge in [-0.05, 0) is 37.1 Å². The summed E-state index contributed by atoms with van der Waals surface area (Å²) in [6.07, 6.45) is 0.194. The lowest BCUT2D eigenvalue weighted by Gasteiger charge is -2.34. The first-order valence-corrected chi connectivity index (χ1v) is 10.3. The molecule has 30 heavy (non-hydrogen) atoms. The number of allylic oxidation sites excluding steroid dienone is 1. The van der Waals surface area contributed by atoms with Gasteiger partial charge >= 0.3 is 5.97 Å². The van der Waals surface area contributed by atoms with E-state index in [4.69, 9.17) is 21.1 Å². The van der Waals surface area contributed by atoms with Crippen LogP contribution < -0.4 is 0 Å². The number of carbonyl (C=O) groups is 2. The lowest BCUT2D eigenvalue weighted by Crippen LogP contribution is -2.38. The molecule has 3 rings (SSSR count). The second kappa shape index (κ2) is 9.92. The molecule has 0 spiro atoms. The van der Waals surface area contributed by atoms with E-state index in [9.17, 15) is 9.59 Å². The van der Waals surface area contributed by atoms with Gasteiger partial charge in [-0.3, -0.25) is 4.79 Å². The average molecular weight is 428 g/mol. The van der Waals surface area contributed by atoms with E-state index in [1.54, 1.807) is 31.1 Å². The van der Waals surface area contributed by atoms with Crippen LogP contribution in [0.5, 0.6) is 0 Å². The van der Waals surface area contributed by atoms with Gasteiger partial charge in [0.05, 0.1) is 18.7 Å². The molecule has 0 saturated carbocycles. The minimum Gasteiger partial charge on any atom is -0.460 e. The number of carbonyl (C=O) groups excluding carboxylic acids is 2. The highest BCUT2D eigenvalue weighted by Gasteiger charge is 2.36. The lowest BCUT2D eigenvalue weighted by atomic mass is 9.83. The summed E-state index contributed by atoms with van der Waals surface area (Å²) < 4.78 is 10.4. The van der Waals surface area contributed by atoms with E-state index >= 15 is 0 Å². The van der Waals surface area contributed by atoms with Crippen LogP contribution in [0.3, 0.4) is 0 Å². The van der Waals surface area contributed by atoms with E-state index in [1.165, 1.54) is 0 Å². The Morgan fingerprint density at radius 3 is 2.37 bits per heavy atom. The smallest absolute Gasteiger partial charge is 0.336 e. The summed E-state index contributed by atoms with van der Waals surface area (Å²) in [5, 5.41) is 0.604. The highest BCUT2D eigenvalue weighted by atomic mass is 35.5. The summed E-state index contributed by atoms with van der Waals surface area (Å²) in [4.78, 5) is 27.7. The Balaban J connectivity index is 1.96. The van der Waals surface area contributed by atoms with Crippen LogP contribution in [0.4, 0.5) is 0 Å². The van der Waals surface area contributed by atoms with Gasteiger partial charge in [0.2, 0.25) is 5.91 Å². The number of hydrogen-bond donors (Lipinski definition) is 0. The van der Waals surface area contributed by atoms with Crippen LogP contribution in [-0.4, -0.2) is 37.1 Å². The maximum atomic E-state index is 13.0. The molecule has 0 bridgehead atoms. The molecule has 1 amide bonds. The van der Waals surface area contributed by atoms with E-state index in [2.05, 4.69) is 0 Å². The molecule has 2 aromatic rings. The Hall–Kier alpha value is -2.63. The number of methoxy groups -OCH3 is 1. The van der Waals surface area contributed by atoms with Gasteiger partial charge in [-0.1, -0.05) is 53.6 Å². The zero-order valence-electron chi connectivity index (χ0n) is 17.5. The molecule has 2 aromatic carbocycles. The van der Waals surface area contributed by atoms with Crippen LogP contribution in [0.1, 0.15) is 36.0 Å². The highest BCUT2D eigenvalue weighted by Crippen LogP contribution is 2.38. The second-order valence-corrected chi connectivity index (χ2v) is 7.84. The van der Waals surface area contributed by atoms with Gasteiger partial charge in [0.15, 0.2) is 0 Å². The van der Waals surface area contributed by atoms with Crippen LogP contribution in [-0.2, 0) is 25.6 Å². The number of benzene rings is 2. The van der Waals surface area contributed by atoms with E-state index < -0.39 is 5.97 Å². The number of hydrogen-bond acceptors (Lipinski definition) is 4. The van der Waals surface area contributed by atoms with Gasteiger partial charge in [0.25, 0.3) is 0 Å². The van der Waals surface area contributed by atoms with Crippen molar-refractivity contribution in [2.75, 3.05) is 20.3 Å². The molecule has 0 N–H and O–H groups in total. The second-order valence-electron chi connectivity index (χ2n) is 7.40. The minimum absolute atomic E-state index is 0.0264. The van der Waals surface area contributed by atoms with Crippen molar-refractivity contribution in [3.63, 3.8) is 0 Å². The molecule has 0 aromatic heterocycles. The van der Waals surface area contributed by atoms with E-state index in [1.807, 2.05) is 43.3 Å². The summed E-state index contributed by atoms with van der Waals surface area (Å²) in [5.41, 5.74) is 4.14. The molecule has 1 unspecified atom stereocenters.